The molecule has 2 aromatic heterocycles. The molecule has 9 atom stereocenters. The molecule has 0 spiro atoms. The molecule has 9 unspecified atom stereocenters. The van der Waals surface area contributed by atoms with Crippen molar-refractivity contribution in [3.05, 3.63) is 24.5 Å². The van der Waals surface area contributed by atoms with Crippen molar-refractivity contribution in [3.8, 4) is 0 Å². The van der Waals surface area contributed by atoms with Crippen LogP contribution in [-0.4, -0.2) is 152 Å². The van der Waals surface area contributed by atoms with E-state index in [0.717, 1.165) is 35.1 Å². The number of anilines is 1. The minimum Gasteiger partial charge on any atom is -0.486 e. The maximum Gasteiger partial charge on any atom is 0.481 e. The number of aliphatic hydroxyl groups is 4. The van der Waals surface area contributed by atoms with Gasteiger partial charge in [0, 0.05) is 30.7 Å². The number of nitrogens with zero attached hydrogens (tertiary/aromatic N) is 4. The molecule has 4 rings (SSSR count). The zero-order chi connectivity index (χ0) is 43.2. The number of ether oxygens (including phenoxy) is 2. The van der Waals surface area contributed by atoms with E-state index in [1.807, 2.05) is 0 Å². The highest BCUT2D eigenvalue weighted by molar-refractivity contribution is 8.14. The van der Waals surface area contributed by atoms with Gasteiger partial charge in [-0.25, -0.2) is 28.6 Å². The van der Waals surface area contributed by atoms with Gasteiger partial charge in [0.2, 0.25) is 11.8 Å². The zero-order valence-corrected chi connectivity index (χ0v) is 33.8. The number of phosphoric ester groups is 3. The number of carbonyl (C=O) groups excluding carboxylic acids is 3. The molecule has 2 aromatic rings. The molecule has 326 valence electrons. The third-order valence-electron chi connectivity index (χ3n) is 8.06. The van der Waals surface area contributed by atoms with Gasteiger partial charge in [0.25, 0.3) is 5.12 Å². The number of phosphoric acid groups is 3. The van der Waals surface area contributed by atoms with Crippen LogP contribution in [0.2, 0.25) is 0 Å². The lowest BCUT2D eigenvalue weighted by atomic mass is 9.87. The summed E-state index contributed by atoms with van der Waals surface area (Å²) in [5, 5.41) is 44.8. The lowest BCUT2D eigenvalue weighted by Crippen LogP contribution is -2.46. The first-order chi connectivity index (χ1) is 26.9. The first-order valence-corrected chi connectivity index (χ1v) is 22.2. The van der Waals surface area contributed by atoms with Crippen molar-refractivity contribution >= 4 is 69.1 Å². The van der Waals surface area contributed by atoms with Crippen molar-refractivity contribution in [2.45, 2.75) is 63.1 Å². The smallest absolute Gasteiger partial charge is 0.481 e. The molecule has 4 heterocycles. The largest absolute Gasteiger partial charge is 0.486 e. The summed E-state index contributed by atoms with van der Waals surface area (Å²) < 4.78 is 67.1. The third-order valence-corrected chi connectivity index (χ3v) is 12.0. The monoisotopic (exact) mass is 909 g/mol. The first-order valence-electron chi connectivity index (χ1n) is 16.7. The second-order valence-corrected chi connectivity index (χ2v) is 18.4. The van der Waals surface area contributed by atoms with Crippen LogP contribution in [-0.2, 0) is 55.4 Å². The van der Waals surface area contributed by atoms with Crippen LogP contribution in [0.4, 0.5) is 5.82 Å². The molecule has 0 aromatic carbocycles. The number of amides is 2. The molecule has 2 aliphatic heterocycles. The normalized spacial score (nSPS) is 25.2. The second-order valence-electron chi connectivity index (χ2n) is 13.1. The van der Waals surface area contributed by atoms with E-state index in [4.69, 9.17) is 24.3 Å². The molecule has 0 bridgehead atoms. The quantitative estimate of drug-likeness (QED) is 0.0475. The Kier molecular flexibility index (Phi) is 16.1. The number of imidazole rings is 1. The number of aliphatic hydroxyl groups excluding tert-OH is 4. The fourth-order valence-corrected chi connectivity index (χ4v) is 8.55. The van der Waals surface area contributed by atoms with Gasteiger partial charge >= 0.3 is 23.5 Å². The van der Waals surface area contributed by atoms with Gasteiger partial charge in [-0.3, -0.25) is 32.5 Å². The van der Waals surface area contributed by atoms with Crippen LogP contribution in [0, 0.1) is 5.41 Å². The highest BCUT2D eigenvalue weighted by Crippen LogP contribution is 2.61. The molecule has 12 N–H and O–H groups in total. The summed E-state index contributed by atoms with van der Waals surface area (Å²) in [4.78, 5) is 87.7. The molecule has 58 heavy (non-hydrogen) atoms. The Morgan fingerprint density at radius 3 is 2.41 bits per heavy atom. The fourth-order valence-electron chi connectivity index (χ4n) is 5.06. The van der Waals surface area contributed by atoms with Crippen LogP contribution in [0.1, 0.15) is 26.5 Å². The lowest BCUT2D eigenvalue weighted by Gasteiger charge is -2.30. The van der Waals surface area contributed by atoms with Crippen LogP contribution in [0.5, 0.6) is 0 Å². The van der Waals surface area contributed by atoms with Crippen molar-refractivity contribution < 1.29 is 95.4 Å². The van der Waals surface area contributed by atoms with Gasteiger partial charge in [-0.15, -0.1) is 0 Å². The molecule has 2 aliphatic rings. The molecular weight excluding hydrogens is 867 g/mol. The number of rotatable bonds is 20. The Morgan fingerprint density at radius 1 is 1.05 bits per heavy atom. The van der Waals surface area contributed by atoms with Crippen LogP contribution >= 0.6 is 35.2 Å². The molecule has 2 amide bonds. The number of thioether (sulfide) groups is 1. The van der Waals surface area contributed by atoms with Crippen LogP contribution in [0.15, 0.2) is 24.5 Å². The van der Waals surface area contributed by atoms with Crippen molar-refractivity contribution in [3.63, 3.8) is 0 Å². The van der Waals surface area contributed by atoms with Crippen molar-refractivity contribution in [2.75, 3.05) is 44.4 Å². The van der Waals surface area contributed by atoms with E-state index in [1.165, 1.54) is 13.8 Å². The van der Waals surface area contributed by atoms with Crippen LogP contribution in [0.25, 0.3) is 11.2 Å². The van der Waals surface area contributed by atoms with E-state index in [-0.39, 0.29) is 54.6 Å². The van der Waals surface area contributed by atoms with E-state index in [2.05, 4.69) is 34.4 Å². The highest BCUT2D eigenvalue weighted by Gasteiger charge is 2.50. The van der Waals surface area contributed by atoms with Crippen LogP contribution in [0.3, 0.4) is 0 Å². The summed E-state index contributed by atoms with van der Waals surface area (Å²) in [6.45, 7) is -0.0916. The Morgan fingerprint density at radius 2 is 1.74 bits per heavy atom. The standard InChI is InChI=1S/C27H42N7O20P3S/c1-27(2,21(39)24(40)30-4-3-17(37)29-5-6-58-26(41)15-7-13(35)14(36)8-49-15)10-51-57(47,48)54-56(45,46)50-9-16-20(53-55(42,43)44)19(38)25(52-16)34-12-33-18-22(28)31-11-32-23(18)34/h7,11-14,16,19-21,25,35-36,38-39H,3-6,8-10H2,1-2H3,(H,29,37)(H,30,40)(H,45,46)(H,47,48)(H2,28,31,32)(H2,42,43,44). The van der Waals surface area contributed by atoms with E-state index in [1.54, 1.807) is 0 Å². The summed E-state index contributed by atoms with van der Waals surface area (Å²) in [5.74, 6) is -1.60. The predicted octanol–water partition coefficient (Wildman–Crippen LogP) is -2.70. The first kappa shape index (κ1) is 47.7. The van der Waals surface area contributed by atoms with Gasteiger partial charge in [0.1, 0.15) is 55.1 Å². The molecular formula is C27H42N7O20P3S. The predicted molar refractivity (Wildman–Crippen MR) is 193 cm³/mol. The maximum atomic E-state index is 12.7. The average Bonchev–Trinajstić information content (AvgIpc) is 3.69. The summed E-state index contributed by atoms with van der Waals surface area (Å²) in [5.41, 5.74) is 4.19. The molecule has 0 aliphatic carbocycles. The number of carbonyl (C=O) groups is 3. The number of aromatic nitrogens is 4. The average molecular weight is 910 g/mol. The minimum absolute atomic E-state index is 0.0187. The van der Waals surface area contributed by atoms with E-state index in [0.29, 0.717) is 0 Å². The summed E-state index contributed by atoms with van der Waals surface area (Å²) in [6, 6.07) is 0. The Hall–Kier alpha value is -2.98. The van der Waals surface area contributed by atoms with Crippen molar-refractivity contribution in [1.29, 1.82) is 0 Å². The van der Waals surface area contributed by atoms with Gasteiger partial charge in [-0.05, 0) is 6.08 Å². The Bertz CT molecular complexity index is 1980. The Balaban J connectivity index is 1.22. The number of nitrogen functional groups attached to an aromatic ring is 1. The van der Waals surface area contributed by atoms with Gasteiger partial charge in [-0.1, -0.05) is 25.6 Å². The van der Waals surface area contributed by atoms with Gasteiger partial charge < -0.3 is 65.8 Å². The zero-order valence-electron chi connectivity index (χ0n) is 30.3. The number of hydrogen-bond acceptors (Lipinski definition) is 21. The molecule has 1 saturated heterocycles. The van der Waals surface area contributed by atoms with E-state index >= 15 is 0 Å². The number of hydrogen-bond donors (Lipinski definition) is 11. The molecule has 0 radical (unpaired) electrons. The lowest BCUT2D eigenvalue weighted by molar-refractivity contribution is -0.137. The highest BCUT2D eigenvalue weighted by atomic mass is 32.2. The summed E-state index contributed by atoms with van der Waals surface area (Å²) in [7, 11) is -16.5. The number of fused-ring (bicyclic) bond motifs is 1. The van der Waals surface area contributed by atoms with Gasteiger partial charge in [0.05, 0.1) is 19.5 Å². The minimum atomic E-state index is -5.59. The second kappa shape index (κ2) is 19.6. The molecule has 0 saturated carbocycles. The number of nitrogens with two attached hydrogens (primary N) is 1. The Labute approximate surface area is 331 Å². The summed E-state index contributed by atoms with van der Waals surface area (Å²) in [6.07, 6.45) is -8.43. The van der Waals surface area contributed by atoms with E-state index in [9.17, 15) is 68.1 Å². The van der Waals surface area contributed by atoms with E-state index < -0.39 is 102 Å². The molecule has 31 heteroatoms. The summed E-state index contributed by atoms with van der Waals surface area (Å²) >= 11 is 0.794. The van der Waals surface area contributed by atoms with Gasteiger partial charge in [0.15, 0.2) is 23.5 Å². The number of nitrogens with one attached hydrogen (secondary N) is 2. The molecule has 1 fully saturated rings. The van der Waals surface area contributed by atoms with Crippen molar-refractivity contribution in [2.24, 2.45) is 5.41 Å². The maximum absolute atomic E-state index is 12.7. The fraction of sp³-hybridized carbons (Fsp3) is 0.630. The van der Waals surface area contributed by atoms with Gasteiger partial charge in [-0.2, -0.15) is 4.31 Å². The van der Waals surface area contributed by atoms with Crippen molar-refractivity contribution in [1.82, 2.24) is 30.2 Å². The van der Waals surface area contributed by atoms with Crippen LogP contribution < -0.4 is 16.4 Å². The topological polar surface area (TPSA) is 413 Å². The third kappa shape index (κ3) is 13.3. The molecule has 27 nitrogen and oxygen atoms in total. The SMILES string of the molecule is CC(C)(COP(=O)(O)OP(=O)(O)OCC1OC(n2cnc3c(N)ncnc32)C(O)C1OP(=O)(O)O)C(O)C(=O)NCCC(=O)NCCSC(=O)C1=CC(O)C(O)CO1.